The van der Waals surface area contributed by atoms with Gasteiger partial charge in [-0.3, -0.25) is 9.89 Å². The van der Waals surface area contributed by atoms with Crippen molar-refractivity contribution in [1.29, 1.82) is 0 Å². The fourth-order valence-corrected chi connectivity index (χ4v) is 2.35. The Morgan fingerprint density at radius 2 is 1.77 bits per heavy atom. The fraction of sp³-hybridized carbons (Fsp3) is 0.111. The molecule has 0 bridgehead atoms. The van der Waals surface area contributed by atoms with Crippen molar-refractivity contribution in [2.24, 2.45) is 5.73 Å². The van der Waals surface area contributed by atoms with E-state index in [1.165, 1.54) is 0 Å². The van der Waals surface area contributed by atoms with Gasteiger partial charge >= 0.3 is 0 Å². The molecule has 0 aliphatic heterocycles. The Hall–Kier alpha value is -2.54. The summed E-state index contributed by atoms with van der Waals surface area (Å²) in [5, 5.41) is 9.38. The minimum atomic E-state index is -0.381. The van der Waals surface area contributed by atoms with Crippen molar-refractivity contribution in [3.8, 4) is 11.5 Å². The SMILES string of the molecule is Cl.Cl.NCC(C(=O)Nc1ccc(Oc2cn[nH]c2)cc1)c1ccccc1. The molecule has 0 radical (unpaired) electrons. The highest BCUT2D eigenvalue weighted by molar-refractivity contribution is 5.96. The van der Waals surface area contributed by atoms with E-state index in [-0.39, 0.29) is 43.2 Å². The normalized spacial score (nSPS) is 10.8. The van der Waals surface area contributed by atoms with Gasteiger partial charge in [0.25, 0.3) is 0 Å². The lowest BCUT2D eigenvalue weighted by Gasteiger charge is -2.15. The maximum Gasteiger partial charge on any atom is 0.233 e. The Kier molecular flexibility index (Phi) is 8.64. The predicted octanol–water partition coefficient (Wildman–Crippen LogP) is 3.73. The van der Waals surface area contributed by atoms with Crippen LogP contribution in [0.2, 0.25) is 0 Å². The number of hydrogen-bond acceptors (Lipinski definition) is 4. The summed E-state index contributed by atoms with van der Waals surface area (Å²) in [6.45, 7) is 0.248. The lowest BCUT2D eigenvalue weighted by molar-refractivity contribution is -0.117. The maximum atomic E-state index is 12.5. The molecule has 8 heteroatoms. The number of nitrogens with zero attached hydrogens (tertiary/aromatic N) is 1. The van der Waals surface area contributed by atoms with Gasteiger partial charge in [-0.05, 0) is 29.8 Å². The van der Waals surface area contributed by atoms with E-state index in [1.54, 1.807) is 36.7 Å². The van der Waals surface area contributed by atoms with Crippen molar-refractivity contribution >= 4 is 36.4 Å². The van der Waals surface area contributed by atoms with E-state index < -0.39 is 0 Å². The number of H-pyrrole nitrogens is 1. The van der Waals surface area contributed by atoms with E-state index in [0.29, 0.717) is 17.2 Å². The number of nitrogens with two attached hydrogens (primary N) is 1. The summed E-state index contributed by atoms with van der Waals surface area (Å²) in [5.41, 5.74) is 7.36. The highest BCUT2D eigenvalue weighted by atomic mass is 35.5. The van der Waals surface area contributed by atoms with E-state index in [0.717, 1.165) is 5.56 Å². The van der Waals surface area contributed by atoms with Crippen LogP contribution in [0.4, 0.5) is 5.69 Å². The summed E-state index contributed by atoms with van der Waals surface area (Å²) in [6.07, 6.45) is 3.24. The van der Waals surface area contributed by atoms with Crippen LogP contribution >= 0.6 is 24.8 Å². The molecule has 1 unspecified atom stereocenters. The summed E-state index contributed by atoms with van der Waals surface area (Å²) in [6, 6.07) is 16.6. The average Bonchev–Trinajstić information content (AvgIpc) is 3.11. The first-order valence-corrected chi connectivity index (χ1v) is 7.59. The Balaban J connectivity index is 0.00000169. The third-order valence-corrected chi connectivity index (χ3v) is 3.58. The van der Waals surface area contributed by atoms with Crippen LogP contribution < -0.4 is 15.8 Å². The molecule has 2 aromatic carbocycles. The lowest BCUT2D eigenvalue weighted by Crippen LogP contribution is -2.27. The molecule has 138 valence electrons. The van der Waals surface area contributed by atoms with E-state index in [9.17, 15) is 4.79 Å². The smallest absolute Gasteiger partial charge is 0.233 e. The number of ether oxygens (including phenoxy) is 1. The lowest BCUT2D eigenvalue weighted by atomic mass is 9.98. The molecule has 0 aliphatic rings. The molecule has 0 saturated carbocycles. The summed E-state index contributed by atoms with van der Waals surface area (Å²) in [4.78, 5) is 12.5. The molecule has 4 N–H and O–H groups in total. The zero-order valence-electron chi connectivity index (χ0n) is 13.8. The molecule has 3 aromatic rings. The van der Waals surface area contributed by atoms with Crippen molar-refractivity contribution in [3.05, 3.63) is 72.6 Å². The van der Waals surface area contributed by atoms with Gasteiger partial charge in [0.2, 0.25) is 5.91 Å². The van der Waals surface area contributed by atoms with E-state index in [4.69, 9.17) is 10.5 Å². The molecule has 0 aliphatic carbocycles. The maximum absolute atomic E-state index is 12.5. The molecule has 0 saturated heterocycles. The van der Waals surface area contributed by atoms with Gasteiger partial charge < -0.3 is 15.8 Å². The van der Waals surface area contributed by atoms with Crippen molar-refractivity contribution < 1.29 is 9.53 Å². The van der Waals surface area contributed by atoms with Crippen LogP contribution in [-0.2, 0) is 4.79 Å². The van der Waals surface area contributed by atoms with Gasteiger partial charge in [0.05, 0.1) is 18.3 Å². The second-order valence-corrected chi connectivity index (χ2v) is 5.25. The topological polar surface area (TPSA) is 93.0 Å². The van der Waals surface area contributed by atoms with E-state index >= 15 is 0 Å². The third-order valence-electron chi connectivity index (χ3n) is 3.58. The van der Waals surface area contributed by atoms with E-state index in [2.05, 4.69) is 15.5 Å². The number of hydrogen-bond donors (Lipinski definition) is 3. The number of rotatable bonds is 6. The van der Waals surface area contributed by atoms with Crippen molar-refractivity contribution in [3.63, 3.8) is 0 Å². The molecule has 1 amide bonds. The minimum Gasteiger partial charge on any atom is -0.454 e. The number of aromatic amines is 1. The molecular weight excluding hydrogens is 375 g/mol. The second-order valence-electron chi connectivity index (χ2n) is 5.25. The van der Waals surface area contributed by atoms with Crippen LogP contribution in [0.15, 0.2) is 67.0 Å². The van der Waals surface area contributed by atoms with Crippen LogP contribution in [-0.4, -0.2) is 22.6 Å². The zero-order valence-corrected chi connectivity index (χ0v) is 15.4. The molecule has 1 heterocycles. The van der Waals surface area contributed by atoms with Crippen LogP contribution in [0.3, 0.4) is 0 Å². The number of anilines is 1. The van der Waals surface area contributed by atoms with Crippen molar-refractivity contribution in [2.45, 2.75) is 5.92 Å². The number of aromatic nitrogens is 2. The van der Waals surface area contributed by atoms with Gasteiger partial charge in [-0.15, -0.1) is 24.8 Å². The Labute approximate surface area is 164 Å². The molecule has 1 aromatic heterocycles. The van der Waals surface area contributed by atoms with Crippen LogP contribution in [0.25, 0.3) is 0 Å². The number of benzene rings is 2. The Morgan fingerprint density at radius 1 is 1.08 bits per heavy atom. The van der Waals surface area contributed by atoms with Crippen molar-refractivity contribution in [2.75, 3.05) is 11.9 Å². The number of carbonyl (C=O) groups excluding carboxylic acids is 1. The highest BCUT2D eigenvalue weighted by Crippen LogP contribution is 2.23. The number of amides is 1. The van der Waals surface area contributed by atoms with Crippen LogP contribution in [0, 0.1) is 0 Å². The first-order valence-electron chi connectivity index (χ1n) is 7.59. The first-order chi connectivity index (χ1) is 11.8. The zero-order chi connectivity index (χ0) is 16.8. The minimum absolute atomic E-state index is 0. The number of carbonyl (C=O) groups is 1. The fourth-order valence-electron chi connectivity index (χ4n) is 2.35. The summed E-state index contributed by atoms with van der Waals surface area (Å²) >= 11 is 0. The van der Waals surface area contributed by atoms with E-state index in [1.807, 2.05) is 30.3 Å². The van der Waals surface area contributed by atoms with Gasteiger partial charge in [-0.1, -0.05) is 30.3 Å². The molecule has 26 heavy (non-hydrogen) atoms. The van der Waals surface area contributed by atoms with Crippen LogP contribution in [0.1, 0.15) is 11.5 Å². The summed E-state index contributed by atoms with van der Waals surface area (Å²) in [5.74, 6) is 0.771. The predicted molar refractivity (Wildman–Crippen MR) is 106 cm³/mol. The molecule has 1 atom stereocenters. The molecule has 3 rings (SSSR count). The second kappa shape index (κ2) is 10.5. The molecule has 0 fully saturated rings. The highest BCUT2D eigenvalue weighted by Gasteiger charge is 2.18. The number of halogens is 2. The average molecular weight is 395 g/mol. The largest absolute Gasteiger partial charge is 0.454 e. The van der Waals surface area contributed by atoms with Crippen LogP contribution in [0.5, 0.6) is 11.5 Å². The Morgan fingerprint density at radius 3 is 2.35 bits per heavy atom. The monoisotopic (exact) mass is 394 g/mol. The standard InChI is InChI=1S/C18H18N4O2.2ClH/c19-10-17(13-4-2-1-3-5-13)18(23)22-14-6-8-15(9-7-14)24-16-11-20-21-12-16;;/h1-9,11-12,17H,10,19H2,(H,20,21)(H,22,23);2*1H. The molecule has 0 spiro atoms. The molecule has 6 nitrogen and oxygen atoms in total. The Bertz CT molecular complexity index is 781. The van der Waals surface area contributed by atoms with Gasteiger partial charge in [-0.25, -0.2) is 0 Å². The van der Waals surface area contributed by atoms with Crippen molar-refractivity contribution in [1.82, 2.24) is 10.2 Å². The molecular formula is C18H20Cl2N4O2. The first kappa shape index (κ1) is 21.5. The number of nitrogens with one attached hydrogen (secondary N) is 2. The van der Waals surface area contributed by atoms with Gasteiger partial charge in [0.1, 0.15) is 5.75 Å². The summed E-state index contributed by atoms with van der Waals surface area (Å²) < 4.78 is 5.59. The summed E-state index contributed by atoms with van der Waals surface area (Å²) in [7, 11) is 0. The van der Waals surface area contributed by atoms with Gasteiger partial charge in [0, 0.05) is 12.2 Å². The quantitative estimate of drug-likeness (QED) is 0.593. The van der Waals surface area contributed by atoms with Gasteiger partial charge in [-0.2, -0.15) is 5.10 Å². The third kappa shape index (κ3) is 5.49. The van der Waals surface area contributed by atoms with Gasteiger partial charge in [0.15, 0.2) is 5.75 Å².